The van der Waals surface area contributed by atoms with E-state index in [0.717, 1.165) is 5.65 Å². The molecule has 0 atom stereocenters. The van der Waals surface area contributed by atoms with Gasteiger partial charge >= 0.3 is 0 Å². The second kappa shape index (κ2) is 5.94. The standard InChI is InChI=1S/C19H27N3/c1-14-11-12-17-21-18(15-7-3-2-4-8-15)19(22(17)13-14)20-16-9-5-6-10-16/h11-13,15-16,20H,2-10H2,1H3. The number of rotatable bonds is 3. The molecule has 0 aliphatic heterocycles. The molecule has 0 saturated heterocycles. The van der Waals surface area contributed by atoms with E-state index in [0.29, 0.717) is 12.0 Å². The molecule has 0 bridgehead atoms. The van der Waals surface area contributed by atoms with Crippen molar-refractivity contribution >= 4 is 11.5 Å². The zero-order chi connectivity index (χ0) is 14.9. The van der Waals surface area contributed by atoms with Crippen molar-refractivity contribution in [2.24, 2.45) is 0 Å². The lowest BCUT2D eigenvalue weighted by Crippen LogP contribution is -2.18. The van der Waals surface area contributed by atoms with Gasteiger partial charge in [-0.2, -0.15) is 0 Å². The van der Waals surface area contributed by atoms with Gasteiger partial charge in [0.1, 0.15) is 11.5 Å². The number of anilines is 1. The second-order valence-electron chi connectivity index (χ2n) is 7.24. The van der Waals surface area contributed by atoms with Gasteiger partial charge in [-0.05, 0) is 44.2 Å². The van der Waals surface area contributed by atoms with E-state index < -0.39 is 0 Å². The van der Waals surface area contributed by atoms with E-state index >= 15 is 0 Å². The number of fused-ring (bicyclic) bond motifs is 1. The van der Waals surface area contributed by atoms with Crippen LogP contribution in [-0.2, 0) is 0 Å². The number of imidazole rings is 1. The molecule has 118 valence electrons. The maximum Gasteiger partial charge on any atom is 0.138 e. The van der Waals surface area contributed by atoms with Crippen LogP contribution >= 0.6 is 0 Å². The average molecular weight is 297 g/mol. The molecule has 2 saturated carbocycles. The largest absolute Gasteiger partial charge is 0.367 e. The smallest absolute Gasteiger partial charge is 0.138 e. The first kappa shape index (κ1) is 14.1. The van der Waals surface area contributed by atoms with E-state index in [2.05, 4.69) is 35.0 Å². The number of nitrogens with one attached hydrogen (secondary N) is 1. The molecule has 0 radical (unpaired) electrons. The van der Waals surface area contributed by atoms with Crippen molar-refractivity contribution in [1.82, 2.24) is 9.38 Å². The first-order valence-corrected chi connectivity index (χ1v) is 9.06. The van der Waals surface area contributed by atoms with Crippen LogP contribution in [0.15, 0.2) is 18.3 Å². The van der Waals surface area contributed by atoms with E-state index in [1.54, 1.807) is 0 Å². The number of aryl methyl sites for hydroxylation is 1. The third kappa shape index (κ3) is 2.62. The van der Waals surface area contributed by atoms with Crippen molar-refractivity contribution < 1.29 is 0 Å². The van der Waals surface area contributed by atoms with Crippen molar-refractivity contribution in [2.45, 2.75) is 76.7 Å². The molecular weight excluding hydrogens is 270 g/mol. The number of pyridine rings is 1. The minimum absolute atomic E-state index is 0.641. The molecule has 2 aromatic heterocycles. The van der Waals surface area contributed by atoms with Crippen molar-refractivity contribution in [3.63, 3.8) is 0 Å². The highest BCUT2D eigenvalue weighted by molar-refractivity contribution is 5.57. The van der Waals surface area contributed by atoms with Crippen LogP contribution in [0.2, 0.25) is 0 Å². The molecule has 0 spiro atoms. The zero-order valence-electron chi connectivity index (χ0n) is 13.6. The fraction of sp³-hybridized carbons (Fsp3) is 0.632. The van der Waals surface area contributed by atoms with Gasteiger partial charge in [-0.1, -0.05) is 38.2 Å². The molecule has 2 aliphatic carbocycles. The highest BCUT2D eigenvalue weighted by atomic mass is 15.1. The summed E-state index contributed by atoms with van der Waals surface area (Å²) in [6, 6.07) is 4.98. The van der Waals surface area contributed by atoms with E-state index in [-0.39, 0.29) is 0 Å². The summed E-state index contributed by atoms with van der Waals surface area (Å²) in [5.74, 6) is 1.94. The molecule has 3 nitrogen and oxygen atoms in total. The number of aromatic nitrogens is 2. The molecule has 2 aliphatic rings. The Hall–Kier alpha value is -1.51. The predicted octanol–water partition coefficient (Wildman–Crippen LogP) is 5.04. The maximum atomic E-state index is 5.02. The summed E-state index contributed by atoms with van der Waals surface area (Å²) in [6.07, 6.45) is 14.3. The van der Waals surface area contributed by atoms with Crippen molar-refractivity contribution in [3.05, 3.63) is 29.6 Å². The van der Waals surface area contributed by atoms with Crippen LogP contribution in [0, 0.1) is 6.92 Å². The fourth-order valence-corrected chi connectivity index (χ4v) is 4.24. The van der Waals surface area contributed by atoms with Crippen LogP contribution < -0.4 is 5.32 Å². The Bertz CT molecular complexity index is 646. The molecule has 2 fully saturated rings. The van der Waals surface area contributed by atoms with E-state index in [4.69, 9.17) is 4.98 Å². The summed E-state index contributed by atoms with van der Waals surface area (Å²) in [5, 5.41) is 3.86. The predicted molar refractivity (Wildman–Crippen MR) is 91.6 cm³/mol. The molecule has 0 amide bonds. The number of nitrogens with zero attached hydrogens (tertiary/aromatic N) is 2. The molecule has 3 heteroatoms. The van der Waals surface area contributed by atoms with Crippen LogP contribution in [0.25, 0.3) is 5.65 Å². The fourth-order valence-electron chi connectivity index (χ4n) is 4.24. The van der Waals surface area contributed by atoms with Gasteiger partial charge in [0.25, 0.3) is 0 Å². The van der Waals surface area contributed by atoms with Crippen molar-refractivity contribution in [2.75, 3.05) is 5.32 Å². The van der Waals surface area contributed by atoms with Gasteiger partial charge in [-0.3, -0.25) is 4.40 Å². The minimum Gasteiger partial charge on any atom is -0.367 e. The number of hydrogen-bond donors (Lipinski definition) is 1. The van der Waals surface area contributed by atoms with Crippen LogP contribution in [0.1, 0.15) is 75.0 Å². The summed E-state index contributed by atoms with van der Waals surface area (Å²) in [7, 11) is 0. The normalized spacial score (nSPS) is 20.8. The Balaban J connectivity index is 1.75. The van der Waals surface area contributed by atoms with Crippen molar-refractivity contribution in [1.29, 1.82) is 0 Å². The molecule has 4 rings (SSSR count). The Labute approximate surface area is 133 Å². The minimum atomic E-state index is 0.641. The van der Waals surface area contributed by atoms with Gasteiger partial charge in [0.05, 0.1) is 5.69 Å². The number of hydrogen-bond acceptors (Lipinski definition) is 2. The third-order valence-corrected chi connectivity index (χ3v) is 5.48. The lowest BCUT2D eigenvalue weighted by atomic mass is 9.87. The summed E-state index contributed by atoms with van der Waals surface area (Å²) in [6.45, 7) is 2.17. The van der Waals surface area contributed by atoms with Gasteiger partial charge in [0, 0.05) is 18.2 Å². The highest BCUT2D eigenvalue weighted by Gasteiger charge is 2.25. The Morgan fingerprint density at radius 2 is 1.73 bits per heavy atom. The zero-order valence-corrected chi connectivity index (χ0v) is 13.6. The van der Waals surface area contributed by atoms with Crippen LogP contribution in [0.5, 0.6) is 0 Å². The molecule has 0 aromatic carbocycles. The van der Waals surface area contributed by atoms with E-state index in [9.17, 15) is 0 Å². The average Bonchev–Trinajstić information content (AvgIpc) is 3.17. The lowest BCUT2D eigenvalue weighted by Gasteiger charge is -2.22. The summed E-state index contributed by atoms with van der Waals surface area (Å²) >= 11 is 0. The van der Waals surface area contributed by atoms with Crippen LogP contribution in [0.4, 0.5) is 5.82 Å². The van der Waals surface area contributed by atoms with Gasteiger partial charge in [-0.25, -0.2) is 4.98 Å². The molecule has 22 heavy (non-hydrogen) atoms. The van der Waals surface area contributed by atoms with Crippen LogP contribution in [-0.4, -0.2) is 15.4 Å². The van der Waals surface area contributed by atoms with E-state index in [1.807, 2.05) is 0 Å². The van der Waals surface area contributed by atoms with Gasteiger partial charge < -0.3 is 5.32 Å². The molecule has 2 aromatic rings. The molecule has 2 heterocycles. The van der Waals surface area contributed by atoms with Gasteiger partial charge in [0.2, 0.25) is 0 Å². The SMILES string of the molecule is Cc1ccc2nc(C3CCCCC3)c(NC3CCCC3)n2c1. The summed E-state index contributed by atoms with van der Waals surface area (Å²) < 4.78 is 2.30. The Kier molecular flexibility index (Phi) is 3.81. The lowest BCUT2D eigenvalue weighted by molar-refractivity contribution is 0.438. The van der Waals surface area contributed by atoms with Gasteiger partial charge in [-0.15, -0.1) is 0 Å². The van der Waals surface area contributed by atoms with Crippen molar-refractivity contribution in [3.8, 4) is 0 Å². The second-order valence-corrected chi connectivity index (χ2v) is 7.24. The maximum absolute atomic E-state index is 5.02. The molecular formula is C19H27N3. The third-order valence-electron chi connectivity index (χ3n) is 5.48. The van der Waals surface area contributed by atoms with Crippen LogP contribution in [0.3, 0.4) is 0 Å². The van der Waals surface area contributed by atoms with E-state index in [1.165, 1.54) is 74.9 Å². The molecule has 1 N–H and O–H groups in total. The quantitative estimate of drug-likeness (QED) is 0.859. The Morgan fingerprint density at radius 1 is 1.00 bits per heavy atom. The summed E-state index contributed by atoms with van der Waals surface area (Å²) in [5.41, 5.74) is 3.73. The first-order valence-electron chi connectivity index (χ1n) is 9.06. The molecule has 0 unspecified atom stereocenters. The monoisotopic (exact) mass is 297 g/mol. The highest BCUT2D eigenvalue weighted by Crippen LogP contribution is 2.37. The topological polar surface area (TPSA) is 29.3 Å². The Morgan fingerprint density at radius 3 is 2.50 bits per heavy atom. The first-order chi connectivity index (χ1) is 10.8. The summed E-state index contributed by atoms with van der Waals surface area (Å²) in [4.78, 5) is 5.02. The van der Waals surface area contributed by atoms with Gasteiger partial charge in [0.15, 0.2) is 0 Å².